The maximum Gasteiger partial charge on any atom is 0.251 e. The molecule has 114 valence electrons. The van der Waals surface area contributed by atoms with Gasteiger partial charge in [0.25, 0.3) is 6.43 Å². The molecule has 0 radical (unpaired) electrons. The average Bonchev–Trinajstić information content (AvgIpc) is 2.36. The van der Waals surface area contributed by atoms with E-state index in [1.165, 1.54) is 0 Å². The minimum Gasteiger partial charge on any atom is -0.496 e. The van der Waals surface area contributed by atoms with Crippen LogP contribution in [0.25, 0.3) is 0 Å². The monoisotopic (exact) mass is 306 g/mol. The van der Waals surface area contributed by atoms with E-state index in [2.05, 4.69) is 4.90 Å². The fourth-order valence-electron chi connectivity index (χ4n) is 1.91. The lowest BCUT2D eigenvalue weighted by molar-refractivity contribution is 0.0956. The van der Waals surface area contributed by atoms with Crippen LogP contribution in [0.5, 0.6) is 5.75 Å². The number of alkyl halides is 2. The van der Waals surface area contributed by atoms with Crippen LogP contribution in [0, 0.1) is 0 Å². The molecular formula is C14H21ClF2N2O. The van der Waals surface area contributed by atoms with E-state index in [0.717, 1.165) is 11.3 Å². The third-order valence-corrected chi connectivity index (χ3v) is 3.23. The second-order valence-corrected chi connectivity index (χ2v) is 5.28. The second-order valence-electron chi connectivity index (χ2n) is 4.85. The van der Waals surface area contributed by atoms with E-state index in [9.17, 15) is 8.78 Å². The standard InChI is InChI=1S/C14H21ClF2N2O/c1-18(6-7-19(2)10-14(16)17)9-11-8-12(15)4-5-13(11)20-3/h4-5,8,14H,6-7,9-10H2,1-3H3. The average molecular weight is 307 g/mol. The molecule has 0 saturated carbocycles. The fraction of sp³-hybridized carbons (Fsp3) is 0.571. The Bertz CT molecular complexity index is 418. The first-order valence-electron chi connectivity index (χ1n) is 6.40. The van der Waals surface area contributed by atoms with Crippen LogP contribution >= 0.6 is 11.6 Å². The molecule has 0 amide bonds. The first kappa shape index (κ1) is 17.1. The molecule has 0 aliphatic heterocycles. The summed E-state index contributed by atoms with van der Waals surface area (Å²) in [7, 11) is 5.25. The van der Waals surface area contributed by atoms with Crippen molar-refractivity contribution in [1.82, 2.24) is 9.80 Å². The molecule has 0 fully saturated rings. The normalized spacial score (nSPS) is 11.7. The number of benzene rings is 1. The number of ether oxygens (including phenoxy) is 1. The molecular weight excluding hydrogens is 286 g/mol. The van der Waals surface area contributed by atoms with Gasteiger partial charge in [0.2, 0.25) is 0 Å². The Hall–Kier alpha value is -0.910. The molecule has 1 aromatic rings. The highest BCUT2D eigenvalue weighted by Crippen LogP contribution is 2.23. The minimum absolute atomic E-state index is 0.200. The zero-order valence-corrected chi connectivity index (χ0v) is 12.8. The van der Waals surface area contributed by atoms with Gasteiger partial charge in [0.15, 0.2) is 0 Å². The smallest absolute Gasteiger partial charge is 0.251 e. The maximum atomic E-state index is 12.2. The molecule has 0 heterocycles. The van der Waals surface area contributed by atoms with Crippen molar-refractivity contribution in [1.29, 1.82) is 0 Å². The van der Waals surface area contributed by atoms with Gasteiger partial charge in [-0.15, -0.1) is 0 Å². The summed E-state index contributed by atoms with van der Waals surface area (Å²) in [6.45, 7) is 1.74. The van der Waals surface area contributed by atoms with Crippen molar-refractivity contribution < 1.29 is 13.5 Å². The number of halogens is 3. The van der Waals surface area contributed by atoms with Gasteiger partial charge in [0, 0.05) is 30.2 Å². The summed E-state index contributed by atoms with van der Waals surface area (Å²) in [5.41, 5.74) is 0.985. The summed E-state index contributed by atoms with van der Waals surface area (Å²) >= 11 is 5.98. The Labute approximate surface area is 124 Å². The molecule has 3 nitrogen and oxygen atoms in total. The summed E-state index contributed by atoms with van der Waals surface area (Å²) in [5, 5.41) is 0.656. The molecule has 1 rings (SSSR count). The molecule has 0 aliphatic carbocycles. The zero-order valence-electron chi connectivity index (χ0n) is 12.1. The van der Waals surface area contributed by atoms with Gasteiger partial charge in [-0.1, -0.05) is 11.6 Å². The van der Waals surface area contributed by atoms with E-state index < -0.39 is 6.43 Å². The third kappa shape index (κ3) is 6.03. The Morgan fingerprint density at radius 1 is 1.20 bits per heavy atom. The first-order chi connectivity index (χ1) is 9.42. The van der Waals surface area contributed by atoms with Crippen molar-refractivity contribution in [3.05, 3.63) is 28.8 Å². The molecule has 0 saturated heterocycles. The molecule has 0 N–H and O–H groups in total. The predicted molar refractivity (Wildman–Crippen MR) is 77.8 cm³/mol. The summed E-state index contributed by atoms with van der Waals surface area (Å²) < 4.78 is 29.7. The zero-order chi connectivity index (χ0) is 15.1. The lowest BCUT2D eigenvalue weighted by Crippen LogP contribution is -2.33. The van der Waals surface area contributed by atoms with Gasteiger partial charge in [-0.25, -0.2) is 8.78 Å². The molecule has 0 aliphatic rings. The first-order valence-corrected chi connectivity index (χ1v) is 6.77. The maximum absolute atomic E-state index is 12.2. The lowest BCUT2D eigenvalue weighted by Gasteiger charge is -2.22. The van der Waals surface area contributed by atoms with E-state index in [0.29, 0.717) is 24.7 Å². The van der Waals surface area contributed by atoms with E-state index >= 15 is 0 Å². The summed E-state index contributed by atoms with van der Waals surface area (Å²) in [4.78, 5) is 3.67. The highest BCUT2D eigenvalue weighted by molar-refractivity contribution is 6.30. The highest BCUT2D eigenvalue weighted by atomic mass is 35.5. The van der Waals surface area contributed by atoms with Crippen LogP contribution in [0.4, 0.5) is 8.78 Å². The molecule has 20 heavy (non-hydrogen) atoms. The van der Waals surface area contributed by atoms with Crippen molar-refractivity contribution >= 4 is 11.6 Å². The van der Waals surface area contributed by atoms with Gasteiger partial charge < -0.3 is 9.64 Å². The van der Waals surface area contributed by atoms with Gasteiger partial charge in [-0.2, -0.15) is 0 Å². The predicted octanol–water partition coefficient (Wildman–Crippen LogP) is 2.98. The van der Waals surface area contributed by atoms with Crippen molar-refractivity contribution in [2.45, 2.75) is 13.0 Å². The number of hydrogen-bond acceptors (Lipinski definition) is 3. The van der Waals surface area contributed by atoms with Gasteiger partial charge in [-0.3, -0.25) is 4.90 Å². The summed E-state index contributed by atoms with van der Waals surface area (Å²) in [6.07, 6.45) is -2.29. The lowest BCUT2D eigenvalue weighted by atomic mass is 10.2. The van der Waals surface area contributed by atoms with Crippen LogP contribution in [0.1, 0.15) is 5.56 Å². The highest BCUT2D eigenvalue weighted by Gasteiger charge is 2.10. The summed E-state index contributed by atoms with van der Waals surface area (Å²) in [5.74, 6) is 0.780. The van der Waals surface area contributed by atoms with Crippen LogP contribution in [-0.2, 0) is 6.54 Å². The SMILES string of the molecule is COc1ccc(Cl)cc1CN(C)CCN(C)CC(F)F. The third-order valence-electron chi connectivity index (χ3n) is 3.00. The molecule has 0 spiro atoms. The van der Waals surface area contributed by atoms with Crippen LogP contribution in [0.15, 0.2) is 18.2 Å². The largest absolute Gasteiger partial charge is 0.496 e. The van der Waals surface area contributed by atoms with Crippen LogP contribution in [-0.4, -0.2) is 57.1 Å². The molecule has 6 heteroatoms. The Morgan fingerprint density at radius 3 is 2.45 bits per heavy atom. The Morgan fingerprint density at radius 2 is 1.85 bits per heavy atom. The Balaban J connectivity index is 2.49. The second kappa shape index (κ2) is 8.39. The van der Waals surface area contributed by atoms with Crippen LogP contribution < -0.4 is 4.74 Å². The fourth-order valence-corrected chi connectivity index (χ4v) is 2.10. The Kier molecular flexibility index (Phi) is 7.19. The molecule has 0 atom stereocenters. The van der Waals surface area contributed by atoms with Gasteiger partial charge >= 0.3 is 0 Å². The molecule has 0 unspecified atom stereocenters. The number of nitrogens with zero attached hydrogens (tertiary/aromatic N) is 2. The molecule has 1 aromatic carbocycles. The van der Waals surface area contributed by atoms with Gasteiger partial charge in [-0.05, 0) is 32.3 Å². The topological polar surface area (TPSA) is 15.7 Å². The minimum atomic E-state index is -2.29. The number of likely N-dealkylation sites (N-methyl/N-ethyl adjacent to an activating group) is 2. The van der Waals surface area contributed by atoms with Crippen molar-refractivity contribution in [2.24, 2.45) is 0 Å². The molecule has 0 aromatic heterocycles. The quantitative estimate of drug-likeness (QED) is 0.734. The molecule has 0 bridgehead atoms. The number of methoxy groups -OCH3 is 1. The van der Waals surface area contributed by atoms with Gasteiger partial charge in [0.05, 0.1) is 13.7 Å². The van der Waals surface area contributed by atoms with E-state index in [1.807, 2.05) is 19.2 Å². The van der Waals surface area contributed by atoms with Crippen molar-refractivity contribution in [3.63, 3.8) is 0 Å². The van der Waals surface area contributed by atoms with E-state index in [-0.39, 0.29) is 6.54 Å². The van der Waals surface area contributed by atoms with Crippen molar-refractivity contribution in [2.75, 3.05) is 40.8 Å². The number of hydrogen-bond donors (Lipinski definition) is 0. The van der Waals surface area contributed by atoms with Crippen molar-refractivity contribution in [3.8, 4) is 5.75 Å². The van der Waals surface area contributed by atoms with Crippen LogP contribution in [0.3, 0.4) is 0 Å². The van der Waals surface area contributed by atoms with E-state index in [1.54, 1.807) is 25.1 Å². The van der Waals surface area contributed by atoms with Crippen LogP contribution in [0.2, 0.25) is 5.02 Å². The summed E-state index contributed by atoms with van der Waals surface area (Å²) in [6, 6.07) is 5.47. The number of rotatable bonds is 8. The van der Waals surface area contributed by atoms with Gasteiger partial charge in [0.1, 0.15) is 5.75 Å². The van der Waals surface area contributed by atoms with E-state index in [4.69, 9.17) is 16.3 Å².